The van der Waals surface area contributed by atoms with Crippen LogP contribution in [0, 0.1) is 5.41 Å². The van der Waals surface area contributed by atoms with Crippen LogP contribution in [0.3, 0.4) is 0 Å². The number of nitrogens with one attached hydrogen (secondary N) is 1. The van der Waals surface area contributed by atoms with E-state index in [0.717, 1.165) is 25.4 Å². The molecular weight excluding hydrogens is 260 g/mol. The van der Waals surface area contributed by atoms with Crippen LogP contribution in [0.4, 0.5) is 0 Å². The van der Waals surface area contributed by atoms with Gasteiger partial charge < -0.3 is 15.0 Å². The van der Waals surface area contributed by atoms with Crippen LogP contribution in [0.15, 0.2) is 24.3 Å². The Labute approximate surface area is 130 Å². The summed E-state index contributed by atoms with van der Waals surface area (Å²) in [6, 6.07) is 8.87. The van der Waals surface area contributed by atoms with E-state index in [9.17, 15) is 0 Å². The highest BCUT2D eigenvalue weighted by atomic mass is 16.5. The molecule has 3 heteroatoms. The molecule has 0 saturated heterocycles. The fourth-order valence-electron chi connectivity index (χ4n) is 2.53. The molecular formula is C18H32N2O. The molecule has 3 nitrogen and oxygen atoms in total. The van der Waals surface area contributed by atoms with Gasteiger partial charge >= 0.3 is 0 Å². The molecule has 0 radical (unpaired) electrons. The highest BCUT2D eigenvalue weighted by Crippen LogP contribution is 2.23. The molecule has 1 aromatic rings. The van der Waals surface area contributed by atoms with Crippen LogP contribution in [-0.2, 0) is 6.54 Å². The van der Waals surface area contributed by atoms with E-state index in [0.29, 0.717) is 11.5 Å². The van der Waals surface area contributed by atoms with Crippen LogP contribution >= 0.6 is 0 Å². The first-order valence-corrected chi connectivity index (χ1v) is 7.93. The zero-order valence-corrected chi connectivity index (χ0v) is 14.6. The highest BCUT2D eigenvalue weighted by Gasteiger charge is 2.24. The van der Waals surface area contributed by atoms with Crippen molar-refractivity contribution in [1.29, 1.82) is 0 Å². The summed E-state index contributed by atoms with van der Waals surface area (Å²) in [5.41, 5.74) is 1.60. The average molecular weight is 292 g/mol. The Hall–Kier alpha value is -1.06. The molecule has 0 saturated carbocycles. The van der Waals surface area contributed by atoms with Crippen LogP contribution in [0.5, 0.6) is 5.75 Å². The lowest BCUT2D eigenvalue weighted by atomic mass is 9.86. The first-order valence-electron chi connectivity index (χ1n) is 7.93. The molecule has 0 fully saturated rings. The minimum atomic E-state index is 0.303. The lowest BCUT2D eigenvalue weighted by molar-refractivity contribution is 0.172. The monoisotopic (exact) mass is 292 g/mol. The van der Waals surface area contributed by atoms with Crippen molar-refractivity contribution >= 4 is 0 Å². The molecule has 120 valence electrons. The lowest BCUT2D eigenvalue weighted by Gasteiger charge is -2.34. The van der Waals surface area contributed by atoms with E-state index < -0.39 is 0 Å². The van der Waals surface area contributed by atoms with E-state index in [-0.39, 0.29) is 0 Å². The van der Waals surface area contributed by atoms with Gasteiger partial charge in [-0.05, 0) is 36.6 Å². The van der Waals surface area contributed by atoms with Crippen molar-refractivity contribution in [1.82, 2.24) is 10.2 Å². The summed E-state index contributed by atoms with van der Waals surface area (Å²) in [7, 11) is 3.91. The van der Waals surface area contributed by atoms with Gasteiger partial charge in [-0.15, -0.1) is 0 Å². The van der Waals surface area contributed by atoms with Crippen LogP contribution < -0.4 is 10.1 Å². The van der Waals surface area contributed by atoms with Crippen LogP contribution in [0.2, 0.25) is 0 Å². The van der Waals surface area contributed by atoms with Gasteiger partial charge in [0, 0.05) is 25.7 Å². The predicted octanol–water partition coefficient (Wildman–Crippen LogP) is 3.54. The van der Waals surface area contributed by atoms with Crippen LogP contribution in [0.1, 0.15) is 39.7 Å². The quantitative estimate of drug-likeness (QED) is 0.753. The normalized spacial score (nSPS) is 14.5. The molecule has 1 N–H and O–H groups in total. The summed E-state index contributed by atoms with van der Waals surface area (Å²) in [6.07, 6.45) is 1.18. The molecule has 1 rings (SSSR count). The summed E-state index contributed by atoms with van der Waals surface area (Å²) < 4.78 is 5.29. The average Bonchev–Trinajstić information content (AvgIpc) is 2.45. The van der Waals surface area contributed by atoms with Gasteiger partial charge in [0.1, 0.15) is 5.75 Å². The third-order valence-corrected chi connectivity index (χ3v) is 4.03. The van der Waals surface area contributed by atoms with Gasteiger partial charge in [0.25, 0.3) is 0 Å². The second-order valence-corrected chi connectivity index (χ2v) is 6.72. The molecule has 1 unspecified atom stereocenters. The Morgan fingerprint density at radius 3 is 2.62 bits per heavy atom. The number of rotatable bonds is 9. The smallest absolute Gasteiger partial charge is 0.119 e. The molecule has 0 aliphatic heterocycles. The van der Waals surface area contributed by atoms with Gasteiger partial charge in [0.05, 0.1) is 7.11 Å². The maximum absolute atomic E-state index is 5.29. The van der Waals surface area contributed by atoms with Crippen LogP contribution in [-0.4, -0.2) is 38.2 Å². The van der Waals surface area contributed by atoms with E-state index in [1.54, 1.807) is 7.11 Å². The van der Waals surface area contributed by atoms with Crippen molar-refractivity contribution < 1.29 is 4.74 Å². The third kappa shape index (κ3) is 6.49. The van der Waals surface area contributed by atoms with Gasteiger partial charge in [-0.25, -0.2) is 0 Å². The van der Waals surface area contributed by atoms with E-state index in [4.69, 9.17) is 4.74 Å². The maximum atomic E-state index is 5.29. The van der Waals surface area contributed by atoms with Gasteiger partial charge in [-0.3, -0.25) is 0 Å². The van der Waals surface area contributed by atoms with Crippen molar-refractivity contribution in [3.8, 4) is 5.75 Å². The summed E-state index contributed by atoms with van der Waals surface area (Å²) >= 11 is 0. The molecule has 0 aliphatic rings. The third-order valence-electron chi connectivity index (χ3n) is 4.03. The van der Waals surface area contributed by atoms with Gasteiger partial charge in [0.15, 0.2) is 0 Å². The summed E-state index contributed by atoms with van der Waals surface area (Å²) in [5.74, 6) is 0.931. The Bertz CT molecular complexity index is 419. The number of methoxy groups -OCH3 is 1. The fraction of sp³-hybridized carbons (Fsp3) is 0.667. The van der Waals surface area contributed by atoms with E-state index in [2.05, 4.69) is 63.2 Å². The fourth-order valence-corrected chi connectivity index (χ4v) is 2.53. The molecule has 0 heterocycles. The number of benzene rings is 1. The maximum Gasteiger partial charge on any atom is 0.119 e. The Morgan fingerprint density at radius 2 is 2.05 bits per heavy atom. The van der Waals surface area contributed by atoms with Crippen molar-refractivity contribution in [2.75, 3.05) is 27.2 Å². The van der Waals surface area contributed by atoms with Crippen molar-refractivity contribution in [2.45, 2.75) is 46.7 Å². The first-order chi connectivity index (χ1) is 9.88. The predicted molar refractivity (Wildman–Crippen MR) is 90.9 cm³/mol. The SMILES string of the molecule is CCC(C)(CNC(C)C)CN(C)Cc1cccc(OC)c1. The molecule has 0 amide bonds. The standard InChI is InChI=1S/C18H32N2O/c1-7-18(4,13-19-15(2)3)14-20(5)12-16-9-8-10-17(11-16)21-6/h8-11,15,19H,7,12-14H2,1-6H3. The number of hydrogen-bond acceptors (Lipinski definition) is 3. The second-order valence-electron chi connectivity index (χ2n) is 6.72. The van der Waals surface area contributed by atoms with E-state index >= 15 is 0 Å². The zero-order valence-electron chi connectivity index (χ0n) is 14.6. The topological polar surface area (TPSA) is 24.5 Å². The molecule has 0 bridgehead atoms. The molecule has 21 heavy (non-hydrogen) atoms. The summed E-state index contributed by atoms with van der Waals surface area (Å²) in [4.78, 5) is 2.40. The number of ether oxygens (including phenoxy) is 1. The van der Waals surface area contributed by atoms with Gasteiger partial charge in [0.2, 0.25) is 0 Å². The molecule has 0 aromatic heterocycles. The second kappa shape index (κ2) is 8.40. The highest BCUT2D eigenvalue weighted by molar-refractivity contribution is 5.28. The molecule has 0 spiro atoms. The van der Waals surface area contributed by atoms with Crippen molar-refractivity contribution in [3.63, 3.8) is 0 Å². The molecule has 0 aliphatic carbocycles. The first kappa shape index (κ1) is 18.0. The minimum Gasteiger partial charge on any atom is -0.497 e. The van der Waals surface area contributed by atoms with Crippen molar-refractivity contribution in [3.05, 3.63) is 29.8 Å². The summed E-state index contributed by atoms with van der Waals surface area (Å²) in [5, 5.41) is 3.58. The van der Waals surface area contributed by atoms with E-state index in [1.165, 1.54) is 12.0 Å². The zero-order chi connectivity index (χ0) is 15.9. The number of hydrogen-bond donors (Lipinski definition) is 1. The Balaban J connectivity index is 2.59. The van der Waals surface area contributed by atoms with Gasteiger partial charge in [-0.1, -0.05) is 39.8 Å². The largest absolute Gasteiger partial charge is 0.497 e. The van der Waals surface area contributed by atoms with Crippen molar-refractivity contribution in [2.24, 2.45) is 5.41 Å². The Kier molecular flexibility index (Phi) is 7.20. The molecule has 1 aromatic carbocycles. The Morgan fingerprint density at radius 1 is 1.33 bits per heavy atom. The van der Waals surface area contributed by atoms with Crippen LogP contribution in [0.25, 0.3) is 0 Å². The van der Waals surface area contributed by atoms with Gasteiger partial charge in [-0.2, -0.15) is 0 Å². The minimum absolute atomic E-state index is 0.303. The summed E-state index contributed by atoms with van der Waals surface area (Å²) in [6.45, 7) is 12.1. The molecule has 1 atom stereocenters. The number of nitrogens with zero attached hydrogens (tertiary/aromatic N) is 1. The van der Waals surface area contributed by atoms with E-state index in [1.807, 2.05) is 6.07 Å². The lowest BCUT2D eigenvalue weighted by Crippen LogP contribution is -2.42.